The van der Waals surface area contributed by atoms with Gasteiger partial charge in [-0.3, -0.25) is 4.79 Å². The van der Waals surface area contributed by atoms with Gasteiger partial charge in [-0.25, -0.2) is 0 Å². The van der Waals surface area contributed by atoms with Crippen LogP contribution in [-0.2, 0) is 21.4 Å². The lowest BCUT2D eigenvalue weighted by Crippen LogP contribution is -2.60. The summed E-state index contributed by atoms with van der Waals surface area (Å²) in [5, 5.41) is 10.9. The summed E-state index contributed by atoms with van der Waals surface area (Å²) in [4.78, 5) is 15.0. The van der Waals surface area contributed by atoms with Crippen molar-refractivity contribution in [2.75, 3.05) is 27.8 Å². The van der Waals surface area contributed by atoms with Crippen LogP contribution in [-0.4, -0.2) is 49.6 Å². The molecule has 1 aromatic carbocycles. The zero-order chi connectivity index (χ0) is 17.1. The number of phenolic OH excluding ortho intramolecular Hbond substituents is 1. The van der Waals surface area contributed by atoms with Crippen molar-refractivity contribution in [2.45, 2.75) is 30.7 Å². The molecule has 136 valence electrons. The number of halogens is 1. The van der Waals surface area contributed by atoms with Crippen LogP contribution in [0.1, 0.15) is 24.0 Å². The Kier molecular flexibility index (Phi) is 4.50. The number of methoxy groups -OCH3 is 2. The molecule has 0 amide bonds. The second-order valence-electron chi connectivity index (χ2n) is 7.17. The van der Waals surface area contributed by atoms with Crippen LogP contribution in [0, 0.1) is 5.92 Å². The van der Waals surface area contributed by atoms with Gasteiger partial charge in [0.15, 0.2) is 23.0 Å². The van der Waals surface area contributed by atoms with E-state index in [2.05, 4.69) is 11.9 Å². The van der Waals surface area contributed by atoms with Gasteiger partial charge >= 0.3 is 0 Å². The molecule has 5 nitrogen and oxygen atoms in total. The van der Waals surface area contributed by atoms with E-state index >= 15 is 0 Å². The Bertz CT molecular complexity index is 747. The molecule has 3 aliphatic rings. The zero-order valence-electron chi connectivity index (χ0n) is 14.7. The quantitative estimate of drug-likeness (QED) is 0.872. The fourth-order valence-electron chi connectivity index (χ4n) is 5.03. The normalized spacial score (nSPS) is 30.5. The molecule has 1 saturated heterocycles. The van der Waals surface area contributed by atoms with Gasteiger partial charge in [-0.15, -0.1) is 12.4 Å². The van der Waals surface area contributed by atoms with Crippen LogP contribution >= 0.6 is 12.4 Å². The molecule has 1 heterocycles. The molecule has 1 aromatic rings. The van der Waals surface area contributed by atoms with Crippen LogP contribution in [0.4, 0.5) is 0 Å². The van der Waals surface area contributed by atoms with Gasteiger partial charge in [-0.2, -0.15) is 0 Å². The minimum atomic E-state index is -0.359. The monoisotopic (exact) mass is 365 g/mol. The number of carbonyl (C=O) groups is 1. The molecule has 2 aliphatic carbocycles. The van der Waals surface area contributed by atoms with Crippen molar-refractivity contribution in [3.63, 3.8) is 0 Å². The number of Topliss-reactive ketones (excluding diaryl/α,β-unsaturated/α-hetero) is 1. The molecule has 6 heteroatoms. The lowest BCUT2D eigenvalue weighted by atomic mass is 9.53. The lowest BCUT2D eigenvalue weighted by molar-refractivity contribution is -0.122. The van der Waals surface area contributed by atoms with E-state index in [1.165, 1.54) is 0 Å². The number of phenols is 1. The van der Waals surface area contributed by atoms with E-state index in [4.69, 9.17) is 9.47 Å². The molecule has 1 aliphatic heterocycles. The number of hydrogen-bond acceptors (Lipinski definition) is 5. The summed E-state index contributed by atoms with van der Waals surface area (Å²) in [7, 11) is 5.25. The first-order valence-electron chi connectivity index (χ1n) is 8.40. The molecule has 4 rings (SSSR count). The number of ketones is 1. The third-order valence-electron chi connectivity index (χ3n) is 6.21. The molecule has 0 unspecified atom stereocenters. The Hall–Kier alpha value is -1.72. The molecule has 0 saturated carbocycles. The van der Waals surface area contributed by atoms with Crippen molar-refractivity contribution in [3.05, 3.63) is 35.1 Å². The summed E-state index contributed by atoms with van der Waals surface area (Å²) in [6.07, 6.45) is 4.08. The number of carbonyl (C=O) groups excluding carboxylic acids is 1. The first-order valence-corrected chi connectivity index (χ1v) is 8.40. The van der Waals surface area contributed by atoms with Crippen LogP contribution in [0.5, 0.6) is 11.5 Å². The van der Waals surface area contributed by atoms with Crippen LogP contribution in [0.3, 0.4) is 0 Å². The first kappa shape index (κ1) is 18.1. The summed E-state index contributed by atoms with van der Waals surface area (Å²) in [6.45, 7) is 0.917. The van der Waals surface area contributed by atoms with Crippen molar-refractivity contribution < 1.29 is 19.4 Å². The second kappa shape index (κ2) is 6.22. The predicted octanol–water partition coefficient (Wildman–Crippen LogP) is 2.44. The van der Waals surface area contributed by atoms with Crippen molar-refractivity contribution in [1.29, 1.82) is 0 Å². The van der Waals surface area contributed by atoms with Gasteiger partial charge in [-0.1, -0.05) is 6.07 Å². The molecule has 3 atom stereocenters. The van der Waals surface area contributed by atoms with E-state index in [9.17, 15) is 9.90 Å². The van der Waals surface area contributed by atoms with Gasteiger partial charge in [-0.05, 0) is 44.1 Å². The van der Waals surface area contributed by atoms with Gasteiger partial charge in [0, 0.05) is 29.4 Å². The molecule has 25 heavy (non-hydrogen) atoms. The number of nitrogens with zero attached hydrogens (tertiary/aromatic N) is 1. The van der Waals surface area contributed by atoms with E-state index in [-0.39, 0.29) is 35.3 Å². The molecule has 1 fully saturated rings. The molecule has 2 bridgehead atoms. The van der Waals surface area contributed by atoms with E-state index in [0.29, 0.717) is 24.0 Å². The van der Waals surface area contributed by atoms with E-state index < -0.39 is 0 Å². The van der Waals surface area contributed by atoms with Gasteiger partial charge in [0.25, 0.3) is 0 Å². The molecule has 0 aromatic heterocycles. The van der Waals surface area contributed by atoms with Gasteiger partial charge in [0.1, 0.15) is 0 Å². The average Bonchev–Trinajstić information content (AvgIpc) is 2.57. The fraction of sp³-hybridized carbons (Fsp3) is 0.526. The minimum absolute atomic E-state index is 0. The number of likely N-dealkylation sites (N-methyl/N-ethyl adjacent to an activating group) is 1. The van der Waals surface area contributed by atoms with Crippen LogP contribution in [0.2, 0.25) is 0 Å². The summed E-state index contributed by atoms with van der Waals surface area (Å²) in [6, 6.07) is 4.18. The third kappa shape index (κ3) is 2.36. The maximum absolute atomic E-state index is 12.6. The summed E-state index contributed by atoms with van der Waals surface area (Å²) >= 11 is 0. The maximum atomic E-state index is 12.6. The maximum Gasteiger partial charge on any atom is 0.197 e. The Morgan fingerprint density at radius 3 is 2.72 bits per heavy atom. The molecule has 1 N–H and O–H groups in total. The molecule has 0 radical (unpaired) electrons. The first-order chi connectivity index (χ1) is 11.5. The highest BCUT2D eigenvalue weighted by molar-refractivity contribution is 5.96. The van der Waals surface area contributed by atoms with E-state index in [1.54, 1.807) is 14.2 Å². The fourth-order valence-corrected chi connectivity index (χ4v) is 5.03. The Labute approximate surface area is 154 Å². The van der Waals surface area contributed by atoms with Crippen LogP contribution in [0.25, 0.3) is 0 Å². The topological polar surface area (TPSA) is 59.0 Å². The number of hydrogen-bond donors (Lipinski definition) is 1. The SMILES string of the molecule is COC1=C[C@H]2[C@H]3Cc4ccc(OC)c(O)c4[C@]2(CCN3C)CC1=O.Cl. The van der Waals surface area contributed by atoms with Crippen LogP contribution in [0.15, 0.2) is 24.0 Å². The van der Waals surface area contributed by atoms with E-state index in [1.807, 2.05) is 18.2 Å². The smallest absolute Gasteiger partial charge is 0.197 e. The number of fused-ring (bicyclic) bond motifs is 1. The van der Waals surface area contributed by atoms with Gasteiger partial charge in [0.2, 0.25) is 0 Å². The molecular formula is C19H24ClNO4. The Morgan fingerprint density at radius 2 is 2.04 bits per heavy atom. The minimum Gasteiger partial charge on any atom is -0.504 e. The summed E-state index contributed by atoms with van der Waals surface area (Å²) in [5.74, 6) is 1.32. The number of aromatic hydroxyl groups is 1. The molecule has 0 spiro atoms. The van der Waals surface area contributed by atoms with Crippen molar-refractivity contribution in [2.24, 2.45) is 5.92 Å². The largest absolute Gasteiger partial charge is 0.504 e. The standard InChI is InChI=1S/C19H23NO4.ClH/c1-20-7-6-19-10-14(21)16(24-3)9-12(19)13(20)8-11-4-5-15(23-2)18(22)17(11)19;/h4-5,9,12-13,22H,6-8,10H2,1-3H3;1H/t12-,13+,19+;/m0./s1. The van der Waals surface area contributed by atoms with Crippen molar-refractivity contribution in [3.8, 4) is 11.5 Å². The highest BCUT2D eigenvalue weighted by Crippen LogP contribution is 2.57. The second-order valence-corrected chi connectivity index (χ2v) is 7.17. The number of likely N-dealkylation sites (tertiary alicyclic amines) is 1. The van der Waals surface area contributed by atoms with Gasteiger partial charge in [0.05, 0.1) is 14.2 Å². The number of rotatable bonds is 2. The third-order valence-corrected chi connectivity index (χ3v) is 6.21. The van der Waals surface area contributed by atoms with Gasteiger partial charge < -0.3 is 19.5 Å². The highest BCUT2D eigenvalue weighted by atomic mass is 35.5. The van der Waals surface area contributed by atoms with Crippen molar-refractivity contribution in [1.82, 2.24) is 4.90 Å². The van der Waals surface area contributed by atoms with Crippen molar-refractivity contribution >= 4 is 18.2 Å². The predicted molar refractivity (Wildman–Crippen MR) is 96.5 cm³/mol. The Balaban J connectivity index is 0.00000182. The van der Waals surface area contributed by atoms with Crippen LogP contribution < -0.4 is 4.74 Å². The zero-order valence-corrected chi connectivity index (χ0v) is 15.6. The number of piperidine rings is 1. The average molecular weight is 366 g/mol. The lowest BCUT2D eigenvalue weighted by Gasteiger charge is -2.56. The number of allylic oxidation sites excluding steroid dienone is 1. The summed E-state index contributed by atoms with van der Waals surface area (Å²) in [5.41, 5.74) is 1.68. The number of benzene rings is 1. The molecular weight excluding hydrogens is 342 g/mol. The summed E-state index contributed by atoms with van der Waals surface area (Å²) < 4.78 is 10.6. The highest BCUT2D eigenvalue weighted by Gasteiger charge is 2.56. The van der Waals surface area contributed by atoms with E-state index in [0.717, 1.165) is 30.5 Å². The Morgan fingerprint density at radius 1 is 1.28 bits per heavy atom. The number of ether oxygens (including phenoxy) is 2.